The lowest BCUT2D eigenvalue weighted by Gasteiger charge is -2.15. The highest BCUT2D eigenvalue weighted by atomic mass is 16.4. The lowest BCUT2D eigenvalue weighted by Crippen LogP contribution is -2.13. The Kier molecular flexibility index (Phi) is 10.8. The third-order valence-electron chi connectivity index (χ3n) is 5.57. The van der Waals surface area contributed by atoms with Crippen LogP contribution in [0.3, 0.4) is 0 Å². The largest absolute Gasteiger partial charge is 0.508 e. The summed E-state index contributed by atoms with van der Waals surface area (Å²) in [5.74, 6) is -1.59. The fourth-order valence-electron chi connectivity index (χ4n) is 3.79. The molecule has 154 valence electrons. The summed E-state index contributed by atoms with van der Waals surface area (Å²) in [4.78, 5) is 22.7. The molecule has 0 radical (unpaired) electrons. The molecule has 0 unspecified atom stereocenters. The van der Waals surface area contributed by atoms with Crippen molar-refractivity contribution in [2.75, 3.05) is 0 Å². The lowest BCUT2D eigenvalue weighted by atomic mass is 9.89. The summed E-state index contributed by atoms with van der Waals surface area (Å²) in [7, 11) is 0. The number of allylic oxidation sites excluding steroid dienone is 3. The number of carboxylic acids is 1. The molecule has 3 atom stereocenters. The highest BCUT2D eigenvalue weighted by Gasteiger charge is 2.32. The molecule has 0 aromatic rings. The van der Waals surface area contributed by atoms with E-state index in [2.05, 4.69) is 26.0 Å². The van der Waals surface area contributed by atoms with Crippen LogP contribution in [0.1, 0.15) is 84.5 Å². The number of ketones is 1. The zero-order valence-electron chi connectivity index (χ0n) is 16.8. The predicted octanol–water partition coefficient (Wildman–Crippen LogP) is 5.72. The molecule has 0 spiro atoms. The predicted molar refractivity (Wildman–Crippen MR) is 107 cm³/mol. The minimum absolute atomic E-state index is 0.0398. The van der Waals surface area contributed by atoms with Gasteiger partial charge in [0, 0.05) is 18.8 Å². The van der Waals surface area contributed by atoms with Crippen LogP contribution < -0.4 is 0 Å². The molecule has 5 heteroatoms. The van der Waals surface area contributed by atoms with Crippen LogP contribution in [-0.4, -0.2) is 27.1 Å². The Hall–Kier alpha value is -1.78. The quantitative estimate of drug-likeness (QED) is 0.164. The average Bonchev–Trinajstić information content (AvgIpc) is 2.99. The molecule has 0 bridgehead atoms. The minimum atomic E-state index is -1.52. The van der Waals surface area contributed by atoms with Gasteiger partial charge in [0.2, 0.25) is 5.76 Å². The molecule has 0 aromatic heterocycles. The highest BCUT2D eigenvalue weighted by molar-refractivity contribution is 5.84. The van der Waals surface area contributed by atoms with E-state index in [1.165, 1.54) is 25.7 Å². The number of aliphatic carboxylic acids is 1. The maximum atomic E-state index is 12.2. The molecule has 0 amide bonds. The van der Waals surface area contributed by atoms with Crippen molar-refractivity contribution >= 4 is 11.8 Å². The number of aliphatic hydroxyl groups is 2. The van der Waals surface area contributed by atoms with Crippen LogP contribution in [0, 0.1) is 17.8 Å². The SMILES string of the molecule is CCCC[C@@H](C)CC/C=C/[C@H]1CCC(=O)[C@@H]1CCCC/C(O)=C(\O)C(=O)O. The Labute approximate surface area is 163 Å². The molecule has 0 heterocycles. The van der Waals surface area contributed by atoms with E-state index >= 15 is 0 Å². The number of aliphatic hydroxyl groups excluding tert-OH is 2. The first kappa shape index (κ1) is 23.3. The topological polar surface area (TPSA) is 94.8 Å². The van der Waals surface area contributed by atoms with Crippen molar-refractivity contribution < 1.29 is 24.9 Å². The third kappa shape index (κ3) is 8.63. The molecule has 3 N–H and O–H groups in total. The van der Waals surface area contributed by atoms with Crippen LogP contribution in [0.25, 0.3) is 0 Å². The number of carboxylic acid groups (broad SMARTS) is 1. The minimum Gasteiger partial charge on any atom is -0.508 e. The van der Waals surface area contributed by atoms with E-state index in [1.54, 1.807) is 0 Å². The van der Waals surface area contributed by atoms with Gasteiger partial charge < -0.3 is 15.3 Å². The van der Waals surface area contributed by atoms with Gasteiger partial charge in [-0.15, -0.1) is 0 Å². The van der Waals surface area contributed by atoms with Crippen LogP contribution in [0.15, 0.2) is 23.7 Å². The Morgan fingerprint density at radius 2 is 1.93 bits per heavy atom. The maximum Gasteiger partial charge on any atom is 0.374 e. The van der Waals surface area contributed by atoms with Gasteiger partial charge in [0.15, 0.2) is 0 Å². The molecular weight excluding hydrogens is 344 g/mol. The van der Waals surface area contributed by atoms with Crippen molar-refractivity contribution in [1.29, 1.82) is 0 Å². The lowest BCUT2D eigenvalue weighted by molar-refractivity contribution is -0.136. The highest BCUT2D eigenvalue weighted by Crippen LogP contribution is 2.34. The number of rotatable bonds is 13. The zero-order chi connectivity index (χ0) is 20.2. The van der Waals surface area contributed by atoms with Crippen molar-refractivity contribution in [3.8, 4) is 0 Å². The van der Waals surface area contributed by atoms with Gasteiger partial charge in [-0.25, -0.2) is 4.79 Å². The summed E-state index contributed by atoms with van der Waals surface area (Å²) in [5.41, 5.74) is 0. The Morgan fingerprint density at radius 3 is 2.59 bits per heavy atom. The first-order valence-corrected chi connectivity index (χ1v) is 10.4. The van der Waals surface area contributed by atoms with Crippen molar-refractivity contribution in [2.45, 2.75) is 84.5 Å². The summed E-state index contributed by atoms with van der Waals surface area (Å²) in [6.07, 6.45) is 14.2. The van der Waals surface area contributed by atoms with E-state index < -0.39 is 17.5 Å². The van der Waals surface area contributed by atoms with Gasteiger partial charge in [-0.1, -0.05) is 51.7 Å². The Bertz CT molecular complexity index is 535. The summed E-state index contributed by atoms with van der Waals surface area (Å²) < 4.78 is 0. The number of Topliss-reactive ketones (excluding diaryl/α,β-unsaturated/α-hetero) is 1. The molecule has 1 saturated carbocycles. The second kappa shape index (κ2) is 12.6. The van der Waals surface area contributed by atoms with Gasteiger partial charge in [0.25, 0.3) is 0 Å². The van der Waals surface area contributed by atoms with Crippen LogP contribution in [-0.2, 0) is 9.59 Å². The molecule has 5 nitrogen and oxygen atoms in total. The second-order valence-electron chi connectivity index (χ2n) is 7.87. The molecular formula is C22H36O5. The smallest absolute Gasteiger partial charge is 0.374 e. The van der Waals surface area contributed by atoms with Crippen LogP contribution in [0.5, 0.6) is 0 Å². The zero-order valence-corrected chi connectivity index (χ0v) is 16.8. The van der Waals surface area contributed by atoms with E-state index in [-0.39, 0.29) is 12.3 Å². The number of hydrogen-bond donors (Lipinski definition) is 3. The molecule has 1 aliphatic rings. The second-order valence-corrected chi connectivity index (χ2v) is 7.87. The fourth-order valence-corrected chi connectivity index (χ4v) is 3.79. The number of unbranched alkanes of at least 4 members (excludes halogenated alkanes) is 2. The summed E-state index contributed by atoms with van der Waals surface area (Å²) in [6.45, 7) is 4.52. The van der Waals surface area contributed by atoms with Gasteiger partial charge in [0.05, 0.1) is 0 Å². The number of carbonyl (C=O) groups excluding carboxylic acids is 1. The van der Waals surface area contributed by atoms with Gasteiger partial charge in [-0.3, -0.25) is 4.79 Å². The van der Waals surface area contributed by atoms with E-state index in [0.717, 1.165) is 31.6 Å². The first-order valence-electron chi connectivity index (χ1n) is 10.4. The molecule has 1 aliphatic carbocycles. The maximum absolute atomic E-state index is 12.2. The van der Waals surface area contributed by atoms with E-state index in [1.807, 2.05) is 0 Å². The van der Waals surface area contributed by atoms with E-state index in [4.69, 9.17) is 10.2 Å². The van der Waals surface area contributed by atoms with E-state index in [0.29, 0.717) is 24.5 Å². The Morgan fingerprint density at radius 1 is 1.19 bits per heavy atom. The fraction of sp³-hybridized carbons (Fsp3) is 0.727. The van der Waals surface area contributed by atoms with E-state index in [9.17, 15) is 14.7 Å². The van der Waals surface area contributed by atoms with Crippen molar-refractivity contribution in [1.82, 2.24) is 0 Å². The van der Waals surface area contributed by atoms with Gasteiger partial charge >= 0.3 is 5.97 Å². The van der Waals surface area contributed by atoms with Crippen LogP contribution in [0.4, 0.5) is 0 Å². The third-order valence-corrected chi connectivity index (χ3v) is 5.57. The normalized spacial score (nSPS) is 22.2. The molecule has 0 saturated heterocycles. The van der Waals surface area contributed by atoms with Crippen molar-refractivity contribution in [3.63, 3.8) is 0 Å². The summed E-state index contributed by atoms with van der Waals surface area (Å²) in [6, 6.07) is 0. The van der Waals surface area contributed by atoms with Gasteiger partial charge in [0.1, 0.15) is 11.5 Å². The summed E-state index contributed by atoms with van der Waals surface area (Å²) >= 11 is 0. The molecule has 0 aliphatic heterocycles. The first-order chi connectivity index (χ1) is 12.9. The summed E-state index contributed by atoms with van der Waals surface area (Å²) in [5, 5.41) is 27.3. The Balaban J connectivity index is 2.36. The molecule has 1 rings (SSSR count). The van der Waals surface area contributed by atoms with Crippen LogP contribution >= 0.6 is 0 Å². The van der Waals surface area contributed by atoms with Crippen LogP contribution in [0.2, 0.25) is 0 Å². The van der Waals surface area contributed by atoms with Crippen molar-refractivity contribution in [3.05, 3.63) is 23.7 Å². The number of carbonyl (C=O) groups is 2. The molecule has 0 aromatic carbocycles. The standard InChI is InChI=1S/C22H36O5/c1-3-4-9-16(2)10-5-6-11-17-14-15-19(23)18(17)12-7-8-13-20(24)21(25)22(26)27/h6,11,16-18,24-25H,3-5,7-10,12-15H2,1-2H3,(H,26,27)/b11-6+,21-20+/t16-,17+,18-/m1/s1. The van der Waals surface area contributed by atoms with Crippen molar-refractivity contribution in [2.24, 2.45) is 17.8 Å². The number of hydrogen-bond acceptors (Lipinski definition) is 4. The molecule has 27 heavy (non-hydrogen) atoms. The van der Waals surface area contributed by atoms with Gasteiger partial charge in [-0.2, -0.15) is 0 Å². The van der Waals surface area contributed by atoms with Gasteiger partial charge in [-0.05, 0) is 43.9 Å². The monoisotopic (exact) mass is 380 g/mol. The average molecular weight is 381 g/mol. The molecule has 1 fully saturated rings.